The molecule has 0 unspecified atom stereocenters. The van der Waals surface area contributed by atoms with Crippen molar-refractivity contribution in [2.24, 2.45) is 0 Å². The van der Waals surface area contributed by atoms with Crippen LogP contribution in [0.2, 0.25) is 0 Å². The van der Waals surface area contributed by atoms with Crippen LogP contribution in [-0.4, -0.2) is 41.2 Å². The summed E-state index contributed by atoms with van der Waals surface area (Å²) >= 11 is 0. The maximum absolute atomic E-state index is 12.2. The number of benzene rings is 1. The summed E-state index contributed by atoms with van der Waals surface area (Å²) in [5.41, 5.74) is 2.30. The predicted molar refractivity (Wildman–Crippen MR) is 87.3 cm³/mol. The molecule has 1 aliphatic heterocycles. The van der Waals surface area contributed by atoms with Crippen molar-refractivity contribution in [1.82, 2.24) is 9.80 Å². The summed E-state index contributed by atoms with van der Waals surface area (Å²) in [6.07, 6.45) is 3.85. The Morgan fingerprint density at radius 1 is 1.18 bits per heavy atom. The summed E-state index contributed by atoms with van der Waals surface area (Å²) in [5, 5.41) is 0. The molecule has 0 spiro atoms. The van der Waals surface area contributed by atoms with Gasteiger partial charge >= 0.3 is 0 Å². The highest BCUT2D eigenvalue weighted by atomic mass is 16.2. The minimum atomic E-state index is 0.0213. The van der Waals surface area contributed by atoms with Gasteiger partial charge in [-0.15, -0.1) is 0 Å². The van der Waals surface area contributed by atoms with Gasteiger partial charge in [0.1, 0.15) is 0 Å². The molecule has 0 bridgehead atoms. The van der Waals surface area contributed by atoms with E-state index in [-0.39, 0.29) is 11.8 Å². The van der Waals surface area contributed by atoms with E-state index in [1.165, 1.54) is 12.0 Å². The second-order valence-corrected chi connectivity index (χ2v) is 6.12. The lowest BCUT2D eigenvalue weighted by molar-refractivity contribution is -0.134. The first-order chi connectivity index (χ1) is 10.6. The molecule has 1 aromatic carbocycles. The lowest BCUT2D eigenvalue weighted by Gasteiger charge is -2.28. The first-order valence-corrected chi connectivity index (χ1v) is 8.15. The molecule has 4 nitrogen and oxygen atoms in total. The topological polar surface area (TPSA) is 40.6 Å². The zero-order chi connectivity index (χ0) is 15.9. The Bertz CT molecular complexity index is 522. The van der Waals surface area contributed by atoms with Crippen molar-refractivity contribution in [1.29, 1.82) is 0 Å². The molecule has 0 radical (unpaired) electrons. The number of likely N-dealkylation sites (tertiary alicyclic amines) is 1. The molecule has 22 heavy (non-hydrogen) atoms. The van der Waals surface area contributed by atoms with Crippen molar-refractivity contribution < 1.29 is 9.59 Å². The lowest BCUT2D eigenvalue weighted by atomic mass is 10.1. The molecule has 0 aromatic heterocycles. The van der Waals surface area contributed by atoms with Gasteiger partial charge in [-0.3, -0.25) is 9.59 Å². The van der Waals surface area contributed by atoms with Crippen molar-refractivity contribution in [2.45, 2.75) is 46.1 Å². The maximum Gasteiger partial charge on any atom is 0.224 e. The third-order valence-electron chi connectivity index (χ3n) is 4.21. The normalized spacial score (nSPS) is 14.7. The smallest absolute Gasteiger partial charge is 0.224 e. The van der Waals surface area contributed by atoms with Gasteiger partial charge in [0.25, 0.3) is 0 Å². The van der Waals surface area contributed by atoms with E-state index >= 15 is 0 Å². The molecule has 1 saturated heterocycles. The van der Waals surface area contributed by atoms with Crippen LogP contribution in [-0.2, 0) is 16.1 Å². The Morgan fingerprint density at radius 2 is 1.91 bits per heavy atom. The van der Waals surface area contributed by atoms with E-state index in [1.807, 2.05) is 30.0 Å². The average molecular weight is 302 g/mol. The number of aryl methyl sites for hydroxylation is 1. The fraction of sp³-hybridized carbons (Fsp3) is 0.556. The first-order valence-electron chi connectivity index (χ1n) is 8.15. The Balaban J connectivity index is 1.88. The molecule has 0 saturated carbocycles. The molecule has 0 atom stereocenters. The minimum Gasteiger partial charge on any atom is -0.343 e. The number of piperidine rings is 1. The van der Waals surface area contributed by atoms with Crippen molar-refractivity contribution in [3.8, 4) is 0 Å². The van der Waals surface area contributed by atoms with Crippen molar-refractivity contribution in [3.63, 3.8) is 0 Å². The Kier molecular flexibility index (Phi) is 5.99. The van der Waals surface area contributed by atoms with E-state index < -0.39 is 0 Å². The summed E-state index contributed by atoms with van der Waals surface area (Å²) in [5.74, 6) is 0.197. The van der Waals surface area contributed by atoms with Gasteiger partial charge in [-0.2, -0.15) is 0 Å². The fourth-order valence-electron chi connectivity index (χ4n) is 2.91. The van der Waals surface area contributed by atoms with Crippen LogP contribution in [0, 0.1) is 6.92 Å². The standard InChI is InChI=1S/C18H26N2O2/c1-15-7-6-8-17(13-15)14-20(16(2)21)12-9-18(22)19-10-4-3-5-11-19/h6-8,13H,3-5,9-12,14H2,1-2H3. The number of carbonyl (C=O) groups is 2. The molecular formula is C18H26N2O2. The summed E-state index contributed by atoms with van der Waals surface area (Å²) in [6, 6.07) is 8.15. The maximum atomic E-state index is 12.2. The molecule has 1 heterocycles. The third kappa shape index (κ3) is 4.86. The molecular weight excluding hydrogens is 276 g/mol. The Hall–Kier alpha value is -1.84. The molecule has 120 valence electrons. The van der Waals surface area contributed by atoms with Gasteiger partial charge in [0.05, 0.1) is 0 Å². The van der Waals surface area contributed by atoms with Crippen LogP contribution < -0.4 is 0 Å². The van der Waals surface area contributed by atoms with Gasteiger partial charge in [0, 0.05) is 39.5 Å². The molecule has 1 fully saturated rings. The van der Waals surface area contributed by atoms with E-state index in [9.17, 15) is 9.59 Å². The highest BCUT2D eigenvalue weighted by Crippen LogP contribution is 2.12. The second kappa shape index (κ2) is 7.97. The van der Waals surface area contributed by atoms with E-state index in [2.05, 4.69) is 6.07 Å². The van der Waals surface area contributed by atoms with Gasteiger partial charge in [0.2, 0.25) is 11.8 Å². The van der Waals surface area contributed by atoms with Crippen LogP contribution in [0.4, 0.5) is 0 Å². The van der Waals surface area contributed by atoms with Gasteiger partial charge < -0.3 is 9.80 Å². The van der Waals surface area contributed by atoms with E-state index in [0.29, 0.717) is 19.5 Å². The minimum absolute atomic E-state index is 0.0213. The summed E-state index contributed by atoms with van der Waals surface area (Å²) in [4.78, 5) is 27.7. The summed E-state index contributed by atoms with van der Waals surface area (Å²) < 4.78 is 0. The number of hydrogen-bond acceptors (Lipinski definition) is 2. The van der Waals surface area contributed by atoms with Crippen LogP contribution in [0.3, 0.4) is 0 Å². The number of nitrogens with zero attached hydrogens (tertiary/aromatic N) is 2. The number of carbonyl (C=O) groups excluding carboxylic acids is 2. The van der Waals surface area contributed by atoms with Crippen molar-refractivity contribution in [3.05, 3.63) is 35.4 Å². The molecule has 0 aliphatic carbocycles. The zero-order valence-electron chi connectivity index (χ0n) is 13.7. The average Bonchev–Trinajstić information content (AvgIpc) is 2.51. The van der Waals surface area contributed by atoms with E-state index in [0.717, 1.165) is 31.5 Å². The molecule has 2 amide bonds. The highest BCUT2D eigenvalue weighted by Gasteiger charge is 2.18. The monoisotopic (exact) mass is 302 g/mol. The Morgan fingerprint density at radius 3 is 2.55 bits per heavy atom. The molecule has 2 rings (SSSR count). The van der Waals surface area contributed by atoms with Gasteiger partial charge in [-0.25, -0.2) is 0 Å². The van der Waals surface area contributed by atoms with Gasteiger partial charge in [-0.1, -0.05) is 29.8 Å². The molecule has 4 heteroatoms. The summed E-state index contributed by atoms with van der Waals surface area (Å²) in [6.45, 7) is 6.43. The van der Waals surface area contributed by atoms with E-state index in [1.54, 1.807) is 11.8 Å². The largest absolute Gasteiger partial charge is 0.343 e. The van der Waals surface area contributed by atoms with Crippen LogP contribution in [0.5, 0.6) is 0 Å². The molecule has 0 N–H and O–H groups in total. The van der Waals surface area contributed by atoms with Crippen LogP contribution in [0.1, 0.15) is 43.7 Å². The summed E-state index contributed by atoms with van der Waals surface area (Å²) in [7, 11) is 0. The van der Waals surface area contributed by atoms with Gasteiger partial charge in [-0.05, 0) is 31.7 Å². The van der Waals surface area contributed by atoms with Crippen LogP contribution >= 0.6 is 0 Å². The van der Waals surface area contributed by atoms with Gasteiger partial charge in [0.15, 0.2) is 0 Å². The predicted octanol–water partition coefficient (Wildman–Crippen LogP) is 2.75. The fourth-order valence-corrected chi connectivity index (χ4v) is 2.91. The number of rotatable bonds is 5. The second-order valence-electron chi connectivity index (χ2n) is 6.12. The van der Waals surface area contributed by atoms with E-state index in [4.69, 9.17) is 0 Å². The van der Waals surface area contributed by atoms with Crippen molar-refractivity contribution in [2.75, 3.05) is 19.6 Å². The van der Waals surface area contributed by atoms with Crippen LogP contribution in [0.15, 0.2) is 24.3 Å². The highest BCUT2D eigenvalue weighted by molar-refractivity contribution is 5.78. The SMILES string of the molecule is CC(=O)N(CCC(=O)N1CCCCC1)Cc1cccc(C)c1. The molecule has 1 aromatic rings. The third-order valence-corrected chi connectivity index (χ3v) is 4.21. The lowest BCUT2D eigenvalue weighted by Crippen LogP contribution is -2.38. The zero-order valence-corrected chi connectivity index (χ0v) is 13.7. The van der Waals surface area contributed by atoms with Crippen molar-refractivity contribution >= 4 is 11.8 Å². The molecule has 1 aliphatic rings. The first kappa shape index (κ1) is 16.5. The van der Waals surface area contributed by atoms with Crippen LogP contribution in [0.25, 0.3) is 0 Å². The number of amides is 2. The number of hydrogen-bond donors (Lipinski definition) is 0. The quantitative estimate of drug-likeness (QED) is 0.839. The Labute approximate surface area is 133 Å².